The molecular weight excluding hydrogens is 628 g/mol. The number of thiazole rings is 1. The molecule has 3 N–H and O–H groups in total. The Morgan fingerprint density at radius 2 is 1.71 bits per heavy atom. The monoisotopic (exact) mass is 646 g/mol. The van der Waals surface area contributed by atoms with E-state index in [-0.39, 0.29) is 17.3 Å². The number of nitrogens with one attached hydrogen (secondary N) is 1. The number of hydrogen-bond donors (Lipinski definition) is 2. The molecule has 0 spiro atoms. The summed E-state index contributed by atoms with van der Waals surface area (Å²) in [5.74, 6) is -2.54. The number of primary sulfonamides is 1. The molecule has 210 valence electrons. The van der Waals surface area contributed by atoms with Gasteiger partial charge >= 0.3 is 4.87 Å². The first kappa shape index (κ1) is 27.9. The van der Waals surface area contributed by atoms with E-state index in [1.54, 1.807) is 24.3 Å². The van der Waals surface area contributed by atoms with Crippen LogP contribution >= 0.6 is 46.0 Å². The Labute approximate surface area is 250 Å². The lowest BCUT2D eigenvalue weighted by atomic mass is 9.87. The molecule has 4 heterocycles. The Kier molecular flexibility index (Phi) is 7.16. The van der Waals surface area contributed by atoms with Crippen molar-refractivity contribution in [2.75, 3.05) is 10.2 Å². The molecule has 6 rings (SSSR count). The van der Waals surface area contributed by atoms with Crippen molar-refractivity contribution < 1.29 is 22.8 Å². The van der Waals surface area contributed by atoms with Crippen molar-refractivity contribution in [3.05, 3.63) is 90.5 Å². The quantitative estimate of drug-likeness (QED) is 0.303. The fourth-order valence-electron chi connectivity index (χ4n) is 4.95. The van der Waals surface area contributed by atoms with Crippen molar-refractivity contribution in [3.8, 4) is 0 Å². The number of thioether (sulfide) groups is 1. The number of halogens is 1. The fourth-order valence-corrected chi connectivity index (χ4v) is 9.31. The van der Waals surface area contributed by atoms with Gasteiger partial charge in [0.25, 0.3) is 0 Å². The number of amides is 3. The van der Waals surface area contributed by atoms with E-state index in [4.69, 9.17) is 16.7 Å². The highest BCUT2D eigenvalue weighted by Gasteiger charge is 2.57. The van der Waals surface area contributed by atoms with Crippen molar-refractivity contribution >= 4 is 85.2 Å². The molecule has 2 aliphatic rings. The third kappa shape index (κ3) is 5.04. The highest BCUT2D eigenvalue weighted by atomic mass is 35.5. The normalized spacial score (nSPS) is 20.1. The van der Waals surface area contributed by atoms with Crippen molar-refractivity contribution in [1.29, 1.82) is 0 Å². The van der Waals surface area contributed by atoms with E-state index in [2.05, 4.69) is 5.32 Å². The lowest BCUT2D eigenvalue weighted by molar-refractivity contribution is -0.122. The standard InChI is InChI=1S/C26H19ClN4O6S4/c27-13-3-7-15(8-4-13)31-23(33)20-19(17-2-1-11-38-17)22-25(39-21(20)24(31)34)30(26(35)40-22)12-18(32)29-14-5-9-16(10-6-14)41(28,36)37/h1-11,19-21H,12H2,(H,29,32)(H2,28,36,37). The van der Waals surface area contributed by atoms with Gasteiger partial charge in [-0.3, -0.25) is 23.7 Å². The van der Waals surface area contributed by atoms with Gasteiger partial charge in [-0.25, -0.2) is 18.5 Å². The number of sulfonamides is 1. The maximum Gasteiger partial charge on any atom is 0.308 e. The van der Waals surface area contributed by atoms with E-state index in [1.807, 2.05) is 17.5 Å². The molecular formula is C26H19ClN4O6S4. The average molecular weight is 647 g/mol. The van der Waals surface area contributed by atoms with Crippen LogP contribution in [-0.4, -0.2) is 36.0 Å². The highest BCUT2D eigenvalue weighted by Crippen LogP contribution is 2.54. The molecule has 15 heteroatoms. The van der Waals surface area contributed by atoms with Gasteiger partial charge in [-0.15, -0.1) is 11.3 Å². The molecule has 0 bridgehead atoms. The van der Waals surface area contributed by atoms with E-state index >= 15 is 0 Å². The molecule has 3 atom stereocenters. The van der Waals surface area contributed by atoms with E-state index in [9.17, 15) is 27.6 Å². The zero-order valence-corrected chi connectivity index (χ0v) is 24.7. The van der Waals surface area contributed by atoms with E-state index in [0.29, 0.717) is 26.3 Å². The van der Waals surface area contributed by atoms with Crippen LogP contribution in [0.15, 0.2) is 80.8 Å². The molecule has 1 fully saturated rings. The van der Waals surface area contributed by atoms with Gasteiger partial charge in [0.15, 0.2) is 0 Å². The van der Waals surface area contributed by atoms with Crippen molar-refractivity contribution in [3.63, 3.8) is 0 Å². The first-order chi connectivity index (χ1) is 19.5. The summed E-state index contributed by atoms with van der Waals surface area (Å²) in [6, 6.07) is 15.5. The van der Waals surface area contributed by atoms with Crippen LogP contribution in [0.5, 0.6) is 0 Å². The maximum atomic E-state index is 13.8. The summed E-state index contributed by atoms with van der Waals surface area (Å²) < 4.78 is 24.3. The molecule has 1 saturated heterocycles. The predicted octanol–water partition coefficient (Wildman–Crippen LogP) is 3.71. The molecule has 2 aromatic carbocycles. The summed E-state index contributed by atoms with van der Waals surface area (Å²) in [5, 5.41) is 9.79. The number of nitrogens with two attached hydrogens (primary N) is 1. The van der Waals surface area contributed by atoms with Crippen LogP contribution < -0.4 is 20.2 Å². The topological polar surface area (TPSA) is 149 Å². The summed E-state index contributed by atoms with van der Waals surface area (Å²) in [5.41, 5.74) is 0.733. The number of carbonyl (C=O) groups is 3. The molecule has 10 nitrogen and oxygen atoms in total. The molecule has 0 saturated carbocycles. The second kappa shape index (κ2) is 10.5. The summed E-state index contributed by atoms with van der Waals surface area (Å²) in [7, 11) is -3.89. The van der Waals surface area contributed by atoms with Crippen LogP contribution in [0.3, 0.4) is 0 Å². The minimum Gasteiger partial charge on any atom is -0.325 e. The van der Waals surface area contributed by atoms with Crippen LogP contribution in [0.25, 0.3) is 0 Å². The molecule has 3 unspecified atom stereocenters. The summed E-state index contributed by atoms with van der Waals surface area (Å²) >= 11 is 9.53. The summed E-state index contributed by atoms with van der Waals surface area (Å²) in [4.78, 5) is 55.8. The second-order valence-corrected chi connectivity index (χ2v) is 14.4. The lowest BCUT2D eigenvalue weighted by Gasteiger charge is -2.29. The largest absolute Gasteiger partial charge is 0.325 e. The van der Waals surface area contributed by atoms with Gasteiger partial charge in [0.1, 0.15) is 11.8 Å². The first-order valence-corrected chi connectivity index (χ1v) is 16.5. The Bertz CT molecular complexity index is 1850. The molecule has 2 aliphatic heterocycles. The number of benzene rings is 2. The number of hydrogen-bond acceptors (Lipinski definition) is 9. The van der Waals surface area contributed by atoms with Gasteiger partial charge < -0.3 is 5.32 Å². The molecule has 4 aromatic rings. The Hall–Kier alpha value is -3.27. The Morgan fingerprint density at radius 3 is 2.34 bits per heavy atom. The van der Waals surface area contributed by atoms with Gasteiger partial charge in [0.2, 0.25) is 27.7 Å². The van der Waals surface area contributed by atoms with Crippen molar-refractivity contribution in [2.45, 2.75) is 27.6 Å². The average Bonchev–Trinajstić information content (AvgIpc) is 3.62. The minimum absolute atomic E-state index is 0.104. The molecule has 0 radical (unpaired) electrons. The number of carbonyl (C=O) groups excluding carboxylic acids is 3. The number of fused-ring (bicyclic) bond motifs is 2. The predicted molar refractivity (Wildman–Crippen MR) is 158 cm³/mol. The zero-order valence-electron chi connectivity index (χ0n) is 20.7. The first-order valence-electron chi connectivity index (χ1n) is 12.0. The molecule has 0 aliphatic carbocycles. The maximum absolute atomic E-state index is 13.8. The zero-order chi connectivity index (χ0) is 29.1. The number of aromatic nitrogens is 1. The number of imide groups is 1. The smallest absolute Gasteiger partial charge is 0.308 e. The number of anilines is 2. The van der Waals surface area contributed by atoms with Crippen LogP contribution in [0.4, 0.5) is 11.4 Å². The Balaban J connectivity index is 1.33. The van der Waals surface area contributed by atoms with Crippen molar-refractivity contribution in [1.82, 2.24) is 4.57 Å². The van der Waals surface area contributed by atoms with Gasteiger partial charge in [-0.2, -0.15) is 0 Å². The molecule has 41 heavy (non-hydrogen) atoms. The fraction of sp³-hybridized carbons (Fsp3) is 0.154. The third-order valence-electron chi connectivity index (χ3n) is 6.75. The SMILES string of the molecule is NS(=O)(=O)c1ccc(NC(=O)Cn2c3c(sc2=O)C(c2cccs2)C2C(=O)N(c4ccc(Cl)cc4)C(=O)C2S3)cc1. The van der Waals surface area contributed by atoms with E-state index in [1.165, 1.54) is 45.1 Å². The van der Waals surface area contributed by atoms with E-state index < -0.39 is 43.8 Å². The van der Waals surface area contributed by atoms with E-state index in [0.717, 1.165) is 28.0 Å². The van der Waals surface area contributed by atoms with Crippen LogP contribution in [-0.2, 0) is 31.0 Å². The van der Waals surface area contributed by atoms with Gasteiger partial charge in [-0.1, -0.05) is 40.8 Å². The van der Waals surface area contributed by atoms with Gasteiger partial charge in [-0.05, 0) is 60.0 Å². The van der Waals surface area contributed by atoms with Crippen molar-refractivity contribution in [2.24, 2.45) is 11.1 Å². The Morgan fingerprint density at radius 1 is 1.00 bits per heavy atom. The number of rotatable bonds is 6. The highest BCUT2D eigenvalue weighted by molar-refractivity contribution is 8.00. The van der Waals surface area contributed by atoms with Crippen LogP contribution in [0.2, 0.25) is 5.02 Å². The second-order valence-electron chi connectivity index (χ2n) is 9.29. The summed E-state index contributed by atoms with van der Waals surface area (Å²) in [6.07, 6.45) is 0. The third-order valence-corrected chi connectivity index (χ3v) is 11.5. The number of nitrogens with zero attached hydrogens (tertiary/aromatic N) is 2. The van der Waals surface area contributed by atoms with Crippen LogP contribution in [0.1, 0.15) is 15.7 Å². The summed E-state index contributed by atoms with van der Waals surface area (Å²) in [6.45, 7) is -0.341. The van der Waals surface area contributed by atoms with Crippen LogP contribution in [0, 0.1) is 5.92 Å². The van der Waals surface area contributed by atoms with Gasteiger partial charge in [0.05, 0.1) is 21.5 Å². The lowest BCUT2D eigenvalue weighted by Crippen LogP contribution is -2.32. The van der Waals surface area contributed by atoms with Gasteiger partial charge in [0, 0.05) is 26.4 Å². The molecule has 3 amide bonds. The number of thiophene rings is 1. The molecule has 2 aromatic heterocycles. The minimum atomic E-state index is -3.89.